The average molecular weight is 145 g/mol. The summed E-state index contributed by atoms with van der Waals surface area (Å²) in [6.45, 7) is 4.78. The minimum Gasteiger partial charge on any atom is -0.0580 e. The van der Waals surface area contributed by atoms with Gasteiger partial charge < -0.3 is 0 Å². The minimum absolute atomic E-state index is 0.750. The topological polar surface area (TPSA) is 0 Å². The summed E-state index contributed by atoms with van der Waals surface area (Å²) in [4.78, 5) is 0. The van der Waals surface area contributed by atoms with Gasteiger partial charge in [0.25, 0.3) is 0 Å². The Hall–Kier alpha value is 0.350. The molecule has 0 aromatic carbocycles. The second kappa shape index (κ2) is 2.96. The van der Waals surface area contributed by atoms with Crippen molar-refractivity contribution in [2.24, 2.45) is 11.8 Å². The quantitative estimate of drug-likeness (QED) is 0.457. The monoisotopic (exact) mass is 145 g/mol. The van der Waals surface area contributed by atoms with Crippen molar-refractivity contribution in [3.05, 3.63) is 0 Å². The average Bonchev–Trinajstić information content (AvgIpc) is 1.59. The maximum atomic E-state index is 2.41. The SMILES string of the molecule is CC1CC(C)C[S+](C)C1. The molecular weight excluding hydrogens is 128 g/mol. The fraction of sp³-hybridized carbons (Fsp3) is 1.00. The highest BCUT2D eigenvalue weighted by atomic mass is 32.2. The van der Waals surface area contributed by atoms with Crippen LogP contribution in [-0.4, -0.2) is 17.8 Å². The summed E-state index contributed by atoms with van der Waals surface area (Å²) in [7, 11) is 0.750. The highest BCUT2D eigenvalue weighted by Gasteiger charge is 2.26. The third kappa shape index (κ3) is 2.21. The first-order valence-corrected chi connectivity index (χ1v) is 5.74. The first-order valence-electron chi connectivity index (χ1n) is 3.77. The van der Waals surface area contributed by atoms with Gasteiger partial charge in [-0.15, -0.1) is 0 Å². The predicted octanol–water partition coefficient (Wildman–Crippen LogP) is 1.91. The van der Waals surface area contributed by atoms with E-state index >= 15 is 0 Å². The summed E-state index contributed by atoms with van der Waals surface area (Å²) >= 11 is 0. The Morgan fingerprint density at radius 3 is 1.89 bits per heavy atom. The molecule has 9 heavy (non-hydrogen) atoms. The fourth-order valence-electron chi connectivity index (χ4n) is 1.86. The molecule has 1 saturated heterocycles. The van der Waals surface area contributed by atoms with Crippen LogP contribution in [0, 0.1) is 11.8 Å². The molecule has 1 fully saturated rings. The molecule has 0 saturated carbocycles. The lowest BCUT2D eigenvalue weighted by atomic mass is 10.0. The zero-order chi connectivity index (χ0) is 6.85. The highest BCUT2D eigenvalue weighted by molar-refractivity contribution is 7.96. The van der Waals surface area contributed by atoms with Crippen LogP contribution in [0.1, 0.15) is 20.3 Å². The van der Waals surface area contributed by atoms with Gasteiger partial charge in [0.1, 0.15) is 11.5 Å². The molecule has 0 aromatic rings. The van der Waals surface area contributed by atoms with E-state index in [9.17, 15) is 0 Å². The molecule has 0 aromatic heterocycles. The van der Waals surface area contributed by atoms with Crippen molar-refractivity contribution in [2.45, 2.75) is 20.3 Å². The van der Waals surface area contributed by atoms with E-state index < -0.39 is 0 Å². The molecule has 0 amide bonds. The predicted molar refractivity (Wildman–Crippen MR) is 46.0 cm³/mol. The Labute approximate surface area is 61.4 Å². The van der Waals surface area contributed by atoms with Gasteiger partial charge in [-0.3, -0.25) is 0 Å². The highest BCUT2D eigenvalue weighted by Crippen LogP contribution is 2.22. The van der Waals surface area contributed by atoms with Crippen molar-refractivity contribution in [3.63, 3.8) is 0 Å². The summed E-state index contributed by atoms with van der Waals surface area (Å²) in [6.07, 6.45) is 3.88. The van der Waals surface area contributed by atoms with Crippen LogP contribution in [0.2, 0.25) is 0 Å². The zero-order valence-electron chi connectivity index (χ0n) is 6.68. The van der Waals surface area contributed by atoms with Gasteiger partial charge in [0.05, 0.1) is 6.26 Å². The smallest absolute Gasteiger partial charge is 0.0580 e. The first-order chi connectivity index (χ1) is 4.18. The summed E-state index contributed by atoms with van der Waals surface area (Å²) in [5.74, 6) is 4.98. The standard InChI is InChI=1S/C8H17S/c1-7-4-8(2)6-9(3)5-7/h7-8H,4-6H2,1-3H3/q+1. The van der Waals surface area contributed by atoms with Crippen molar-refractivity contribution in [1.82, 2.24) is 0 Å². The molecule has 1 heterocycles. The summed E-state index contributed by atoms with van der Waals surface area (Å²) in [5.41, 5.74) is 0. The van der Waals surface area contributed by atoms with Crippen molar-refractivity contribution in [3.8, 4) is 0 Å². The molecule has 0 radical (unpaired) electrons. The first kappa shape index (κ1) is 7.46. The van der Waals surface area contributed by atoms with Crippen LogP contribution in [0.3, 0.4) is 0 Å². The number of hydrogen-bond donors (Lipinski definition) is 0. The molecule has 2 unspecified atom stereocenters. The van der Waals surface area contributed by atoms with Gasteiger partial charge in [-0.25, -0.2) is 0 Å². The lowest BCUT2D eigenvalue weighted by Gasteiger charge is -2.22. The van der Waals surface area contributed by atoms with E-state index in [1.165, 1.54) is 17.9 Å². The Bertz CT molecular complexity index is 65.5. The van der Waals surface area contributed by atoms with E-state index in [-0.39, 0.29) is 0 Å². The lowest BCUT2D eigenvalue weighted by molar-refractivity contribution is 0.462. The van der Waals surface area contributed by atoms with Gasteiger partial charge >= 0.3 is 0 Å². The number of rotatable bonds is 0. The van der Waals surface area contributed by atoms with Crippen molar-refractivity contribution in [1.29, 1.82) is 0 Å². The Morgan fingerprint density at radius 1 is 1.11 bits per heavy atom. The molecular formula is C8H17S+. The molecule has 0 bridgehead atoms. The molecule has 0 N–H and O–H groups in total. The fourth-order valence-corrected chi connectivity index (χ4v) is 4.21. The summed E-state index contributed by atoms with van der Waals surface area (Å²) in [6, 6.07) is 0. The van der Waals surface area contributed by atoms with E-state index in [0.29, 0.717) is 0 Å². The molecule has 2 atom stereocenters. The second-order valence-electron chi connectivity index (χ2n) is 3.56. The zero-order valence-corrected chi connectivity index (χ0v) is 7.50. The Morgan fingerprint density at radius 2 is 1.56 bits per heavy atom. The Kier molecular flexibility index (Phi) is 2.45. The summed E-state index contributed by atoms with van der Waals surface area (Å²) in [5, 5.41) is 0. The molecule has 0 nitrogen and oxygen atoms in total. The maximum absolute atomic E-state index is 2.41. The van der Waals surface area contributed by atoms with E-state index in [0.717, 1.165) is 22.7 Å². The van der Waals surface area contributed by atoms with Gasteiger partial charge in [0.15, 0.2) is 0 Å². The van der Waals surface area contributed by atoms with Crippen molar-refractivity contribution >= 4 is 10.9 Å². The number of hydrogen-bond acceptors (Lipinski definition) is 0. The largest absolute Gasteiger partial charge is 0.110 e. The van der Waals surface area contributed by atoms with E-state index in [2.05, 4.69) is 20.1 Å². The second-order valence-corrected chi connectivity index (χ2v) is 5.79. The van der Waals surface area contributed by atoms with Gasteiger partial charge in [-0.1, -0.05) is 13.8 Å². The van der Waals surface area contributed by atoms with Crippen molar-refractivity contribution in [2.75, 3.05) is 17.8 Å². The van der Waals surface area contributed by atoms with Crippen LogP contribution in [0.4, 0.5) is 0 Å². The van der Waals surface area contributed by atoms with Gasteiger partial charge in [-0.05, 0) is 17.3 Å². The lowest BCUT2D eigenvalue weighted by Crippen LogP contribution is -2.28. The molecule has 1 heteroatoms. The van der Waals surface area contributed by atoms with Crippen LogP contribution >= 0.6 is 0 Å². The van der Waals surface area contributed by atoms with Crippen LogP contribution < -0.4 is 0 Å². The van der Waals surface area contributed by atoms with Crippen LogP contribution in [0.25, 0.3) is 0 Å². The van der Waals surface area contributed by atoms with E-state index in [4.69, 9.17) is 0 Å². The molecule has 0 spiro atoms. The van der Waals surface area contributed by atoms with Gasteiger partial charge in [-0.2, -0.15) is 0 Å². The maximum Gasteiger partial charge on any atom is 0.110 e. The van der Waals surface area contributed by atoms with Gasteiger partial charge in [0.2, 0.25) is 0 Å². The molecule has 1 aliphatic rings. The third-order valence-electron chi connectivity index (χ3n) is 1.94. The molecule has 54 valence electrons. The summed E-state index contributed by atoms with van der Waals surface area (Å²) < 4.78 is 0. The van der Waals surface area contributed by atoms with Crippen molar-refractivity contribution < 1.29 is 0 Å². The van der Waals surface area contributed by atoms with Crippen LogP contribution in [0.15, 0.2) is 0 Å². The van der Waals surface area contributed by atoms with E-state index in [1.807, 2.05) is 0 Å². The minimum atomic E-state index is 0.750. The van der Waals surface area contributed by atoms with Crippen LogP contribution in [-0.2, 0) is 10.9 Å². The Balaban J connectivity index is 2.34. The normalized spacial score (nSPS) is 45.0. The molecule has 0 aliphatic carbocycles. The third-order valence-corrected chi connectivity index (χ3v) is 4.22. The van der Waals surface area contributed by atoms with E-state index in [1.54, 1.807) is 0 Å². The van der Waals surface area contributed by atoms with Gasteiger partial charge in [0, 0.05) is 11.8 Å². The molecule has 1 aliphatic heterocycles. The van der Waals surface area contributed by atoms with Crippen LogP contribution in [0.5, 0.6) is 0 Å². The molecule has 1 rings (SSSR count).